The van der Waals surface area contributed by atoms with Crippen LogP contribution in [0.4, 0.5) is 11.5 Å². The largest absolute Gasteiger partial charge is 0.371 e. The molecule has 2 saturated heterocycles. The molecule has 0 radical (unpaired) electrons. The molecule has 0 saturated carbocycles. The van der Waals surface area contributed by atoms with Crippen molar-refractivity contribution in [3.63, 3.8) is 0 Å². The van der Waals surface area contributed by atoms with Gasteiger partial charge in [0.05, 0.1) is 23.1 Å². The van der Waals surface area contributed by atoms with Crippen LogP contribution < -0.4 is 15.5 Å². The molecular formula is C25H30N8O. The normalized spacial score (nSPS) is 17.8. The van der Waals surface area contributed by atoms with Gasteiger partial charge in [-0.25, -0.2) is 4.98 Å². The Morgan fingerprint density at radius 1 is 1.09 bits per heavy atom. The molecule has 3 aromatic heterocycles. The summed E-state index contributed by atoms with van der Waals surface area (Å²) in [7, 11) is 1.90. The molecule has 4 aromatic rings. The molecule has 0 aliphatic carbocycles. The van der Waals surface area contributed by atoms with Gasteiger partial charge in [-0.3, -0.25) is 14.5 Å². The predicted molar refractivity (Wildman–Crippen MR) is 133 cm³/mol. The Bertz CT molecular complexity index is 1400. The first-order valence-corrected chi connectivity index (χ1v) is 12.0. The molecule has 1 aromatic carbocycles. The van der Waals surface area contributed by atoms with Gasteiger partial charge in [0.25, 0.3) is 5.91 Å². The van der Waals surface area contributed by atoms with E-state index in [0.717, 1.165) is 60.6 Å². The number of nitrogens with one attached hydrogen (secondary N) is 2. The van der Waals surface area contributed by atoms with E-state index in [-0.39, 0.29) is 5.91 Å². The average Bonchev–Trinajstić information content (AvgIpc) is 3.52. The van der Waals surface area contributed by atoms with Crippen molar-refractivity contribution in [2.75, 3.05) is 29.9 Å². The van der Waals surface area contributed by atoms with E-state index < -0.39 is 0 Å². The van der Waals surface area contributed by atoms with Crippen molar-refractivity contribution in [1.82, 2.24) is 29.5 Å². The van der Waals surface area contributed by atoms with Crippen LogP contribution in [-0.2, 0) is 7.05 Å². The number of hydrogen-bond acceptors (Lipinski definition) is 6. The Morgan fingerprint density at radius 2 is 1.91 bits per heavy atom. The number of aryl methyl sites for hydroxylation is 3. The number of anilines is 2. The number of carbonyl (C=O) groups is 1. The first kappa shape index (κ1) is 21.1. The van der Waals surface area contributed by atoms with Gasteiger partial charge in [0, 0.05) is 49.1 Å². The Kier molecular flexibility index (Phi) is 4.84. The molecule has 0 bridgehead atoms. The molecule has 9 nitrogen and oxygen atoms in total. The number of nitrogens with zero attached hydrogens (tertiary/aromatic N) is 6. The molecule has 2 N–H and O–H groups in total. The van der Waals surface area contributed by atoms with Gasteiger partial charge in [-0.1, -0.05) is 0 Å². The van der Waals surface area contributed by atoms with Gasteiger partial charge < -0.3 is 19.9 Å². The van der Waals surface area contributed by atoms with Crippen molar-refractivity contribution in [3.05, 3.63) is 47.7 Å². The number of amides is 1. The number of benzene rings is 1. The van der Waals surface area contributed by atoms with Crippen LogP contribution in [-0.4, -0.2) is 55.2 Å². The molecule has 1 amide bonds. The maximum Gasteiger partial charge on any atom is 0.259 e. The third kappa shape index (κ3) is 3.51. The van der Waals surface area contributed by atoms with Crippen molar-refractivity contribution in [1.29, 1.82) is 0 Å². The molecule has 176 valence electrons. The summed E-state index contributed by atoms with van der Waals surface area (Å²) in [4.78, 5) is 24.7. The van der Waals surface area contributed by atoms with Gasteiger partial charge in [0.1, 0.15) is 5.52 Å². The Hall–Kier alpha value is -3.46. The Labute approximate surface area is 198 Å². The van der Waals surface area contributed by atoms with E-state index in [2.05, 4.69) is 36.7 Å². The highest BCUT2D eigenvalue weighted by Crippen LogP contribution is 2.36. The fourth-order valence-electron chi connectivity index (χ4n) is 5.68. The van der Waals surface area contributed by atoms with E-state index >= 15 is 0 Å². The Morgan fingerprint density at radius 3 is 2.68 bits per heavy atom. The van der Waals surface area contributed by atoms with E-state index in [4.69, 9.17) is 0 Å². The van der Waals surface area contributed by atoms with E-state index in [1.165, 1.54) is 12.8 Å². The molecule has 2 aliphatic heterocycles. The molecule has 2 aliphatic rings. The van der Waals surface area contributed by atoms with E-state index in [0.29, 0.717) is 22.4 Å². The van der Waals surface area contributed by atoms with Crippen molar-refractivity contribution < 1.29 is 4.79 Å². The van der Waals surface area contributed by atoms with Crippen molar-refractivity contribution >= 4 is 34.0 Å². The van der Waals surface area contributed by atoms with E-state index in [9.17, 15) is 4.79 Å². The summed E-state index contributed by atoms with van der Waals surface area (Å²) in [5.74, 6) is 0.285. The standard InChI is InChI=1S/C25H30N8O/c1-16-13-33-15-21(28-23(33)17(2)27-16)29-24(34)18-5-6-20(19-14-31(3)30-22(18)19)32-11-8-25(9-12-32)7-4-10-26-25/h5-6,13-15,26H,4,7-12H2,1-3H3,(H,29,34). The van der Waals surface area contributed by atoms with Crippen LogP contribution >= 0.6 is 0 Å². The molecule has 6 rings (SSSR count). The maximum absolute atomic E-state index is 13.3. The van der Waals surface area contributed by atoms with Crippen LogP contribution in [0.1, 0.15) is 47.4 Å². The van der Waals surface area contributed by atoms with Crippen LogP contribution in [0.2, 0.25) is 0 Å². The van der Waals surface area contributed by atoms with Crippen LogP contribution in [0, 0.1) is 13.8 Å². The molecule has 0 atom stereocenters. The summed E-state index contributed by atoms with van der Waals surface area (Å²) in [6, 6.07) is 3.96. The molecule has 0 unspecified atom stereocenters. The van der Waals surface area contributed by atoms with Gasteiger partial charge in [-0.15, -0.1) is 0 Å². The second kappa shape index (κ2) is 7.80. The highest BCUT2D eigenvalue weighted by molar-refractivity contribution is 6.13. The topological polar surface area (TPSA) is 92.4 Å². The van der Waals surface area contributed by atoms with Crippen LogP contribution in [0.15, 0.2) is 30.7 Å². The third-order valence-electron chi connectivity index (χ3n) is 7.37. The second-order valence-electron chi connectivity index (χ2n) is 9.77. The molecule has 1 spiro atoms. The monoisotopic (exact) mass is 458 g/mol. The van der Waals surface area contributed by atoms with E-state index in [1.54, 1.807) is 4.68 Å². The molecule has 9 heteroatoms. The minimum absolute atomic E-state index is 0.214. The average molecular weight is 459 g/mol. The van der Waals surface area contributed by atoms with Gasteiger partial charge in [0.15, 0.2) is 11.5 Å². The zero-order valence-corrected chi connectivity index (χ0v) is 19.9. The highest BCUT2D eigenvalue weighted by Gasteiger charge is 2.37. The number of imidazole rings is 1. The van der Waals surface area contributed by atoms with Crippen molar-refractivity contribution in [2.24, 2.45) is 7.05 Å². The minimum atomic E-state index is -0.214. The number of fused-ring (bicyclic) bond motifs is 2. The minimum Gasteiger partial charge on any atom is -0.371 e. The fraction of sp³-hybridized carbons (Fsp3) is 0.440. The summed E-state index contributed by atoms with van der Waals surface area (Å²) >= 11 is 0. The SMILES string of the molecule is Cc1cn2cc(NC(=O)c3ccc(N4CCC5(CCCN5)CC4)c4cn(C)nc34)nc2c(C)n1. The van der Waals surface area contributed by atoms with Crippen LogP contribution in [0.3, 0.4) is 0 Å². The zero-order chi connectivity index (χ0) is 23.4. The number of rotatable bonds is 3. The number of piperidine rings is 1. The fourth-order valence-corrected chi connectivity index (χ4v) is 5.68. The second-order valence-corrected chi connectivity index (χ2v) is 9.77. The predicted octanol–water partition coefficient (Wildman–Crippen LogP) is 3.21. The molecule has 2 fully saturated rings. The summed E-state index contributed by atoms with van der Waals surface area (Å²) < 4.78 is 3.69. The summed E-state index contributed by atoms with van der Waals surface area (Å²) in [5.41, 5.74) is 5.20. The van der Waals surface area contributed by atoms with Gasteiger partial charge in [-0.2, -0.15) is 5.10 Å². The third-order valence-corrected chi connectivity index (χ3v) is 7.37. The first-order chi connectivity index (χ1) is 16.4. The smallest absolute Gasteiger partial charge is 0.259 e. The van der Waals surface area contributed by atoms with Gasteiger partial charge in [0.2, 0.25) is 0 Å². The first-order valence-electron chi connectivity index (χ1n) is 12.0. The van der Waals surface area contributed by atoms with E-state index in [1.807, 2.05) is 50.0 Å². The van der Waals surface area contributed by atoms with Crippen molar-refractivity contribution in [3.8, 4) is 0 Å². The highest BCUT2D eigenvalue weighted by atomic mass is 16.1. The number of hydrogen-bond donors (Lipinski definition) is 2. The molecule has 34 heavy (non-hydrogen) atoms. The Balaban J connectivity index is 1.29. The molecular weight excluding hydrogens is 428 g/mol. The van der Waals surface area contributed by atoms with Gasteiger partial charge >= 0.3 is 0 Å². The molecule has 5 heterocycles. The number of aromatic nitrogens is 5. The lowest BCUT2D eigenvalue weighted by molar-refractivity contribution is 0.102. The summed E-state index contributed by atoms with van der Waals surface area (Å²) in [6.45, 7) is 7.02. The lowest BCUT2D eigenvalue weighted by Crippen LogP contribution is -2.50. The summed E-state index contributed by atoms with van der Waals surface area (Å²) in [6.07, 6.45) is 10.6. The van der Waals surface area contributed by atoms with Crippen molar-refractivity contribution in [2.45, 2.75) is 45.1 Å². The zero-order valence-electron chi connectivity index (χ0n) is 19.9. The van der Waals surface area contributed by atoms with Gasteiger partial charge in [-0.05, 0) is 58.2 Å². The quantitative estimate of drug-likeness (QED) is 0.490. The lowest BCUT2D eigenvalue weighted by atomic mass is 9.86. The van der Waals surface area contributed by atoms with Crippen LogP contribution in [0.5, 0.6) is 0 Å². The van der Waals surface area contributed by atoms with Crippen LogP contribution in [0.25, 0.3) is 16.6 Å². The summed E-state index contributed by atoms with van der Waals surface area (Å²) in [5, 5.41) is 12.4. The number of carbonyl (C=O) groups excluding carboxylic acids is 1. The maximum atomic E-state index is 13.3. The lowest BCUT2D eigenvalue weighted by Gasteiger charge is -2.40.